The lowest BCUT2D eigenvalue weighted by Crippen LogP contribution is -2.00. The number of H-pyrrole nitrogens is 1. The third kappa shape index (κ3) is 3.38. The fourth-order valence-electron chi connectivity index (χ4n) is 2.00. The van der Waals surface area contributed by atoms with Gasteiger partial charge in [0.05, 0.1) is 13.7 Å². The normalized spacial score (nSPS) is 10.5. The molecule has 2 N–H and O–H groups in total. The molecule has 0 aliphatic carbocycles. The maximum absolute atomic E-state index is 5.86. The highest BCUT2D eigenvalue weighted by Gasteiger charge is 2.06. The van der Waals surface area contributed by atoms with Gasteiger partial charge in [0.1, 0.15) is 11.6 Å². The molecule has 3 rings (SSSR count). The van der Waals surface area contributed by atoms with Crippen LogP contribution in [0.1, 0.15) is 5.82 Å². The number of ether oxygens (including phenoxy) is 1. The van der Waals surface area contributed by atoms with Crippen LogP contribution in [0.3, 0.4) is 0 Å². The van der Waals surface area contributed by atoms with Gasteiger partial charge in [-0.1, -0.05) is 11.6 Å². The average Bonchev–Trinajstić information content (AvgIpc) is 3.03. The highest BCUT2D eigenvalue weighted by Crippen LogP contribution is 2.19. The molecule has 2 aromatic carbocycles. The first-order valence-electron chi connectivity index (χ1n) is 6.80. The predicted molar refractivity (Wildman–Crippen MR) is 87.1 cm³/mol. The van der Waals surface area contributed by atoms with Gasteiger partial charge >= 0.3 is 0 Å². The van der Waals surface area contributed by atoms with Gasteiger partial charge in [-0.3, -0.25) is 5.10 Å². The number of rotatable bonds is 5. The fourth-order valence-corrected chi connectivity index (χ4v) is 2.12. The number of anilines is 1. The number of aromatic nitrogens is 3. The summed E-state index contributed by atoms with van der Waals surface area (Å²) in [5.41, 5.74) is 1.92. The van der Waals surface area contributed by atoms with E-state index in [1.54, 1.807) is 7.11 Å². The number of hydrogen-bond acceptors (Lipinski definition) is 4. The molecule has 1 heterocycles. The Morgan fingerprint density at radius 2 is 1.82 bits per heavy atom. The van der Waals surface area contributed by atoms with Crippen LogP contribution in [0, 0.1) is 0 Å². The Morgan fingerprint density at radius 1 is 1.09 bits per heavy atom. The van der Waals surface area contributed by atoms with E-state index in [0.29, 0.717) is 17.4 Å². The number of methoxy groups -OCH3 is 1. The Bertz CT molecular complexity index is 738. The van der Waals surface area contributed by atoms with E-state index in [4.69, 9.17) is 16.3 Å². The van der Waals surface area contributed by atoms with Crippen LogP contribution in [0.5, 0.6) is 5.75 Å². The van der Waals surface area contributed by atoms with Gasteiger partial charge in [-0.2, -0.15) is 5.10 Å². The van der Waals surface area contributed by atoms with Gasteiger partial charge in [0.2, 0.25) is 0 Å². The lowest BCUT2D eigenvalue weighted by atomic mass is 10.2. The van der Waals surface area contributed by atoms with Crippen molar-refractivity contribution in [3.8, 4) is 17.1 Å². The molecule has 112 valence electrons. The van der Waals surface area contributed by atoms with E-state index in [1.165, 1.54) is 0 Å². The molecular formula is C16H15ClN4O. The Hall–Kier alpha value is -2.53. The molecule has 0 bridgehead atoms. The standard InChI is InChI=1S/C16H15ClN4O/c1-22-14-8-2-11(3-9-14)16-19-15(20-21-16)10-18-13-6-4-12(17)5-7-13/h2-9,18H,10H2,1H3,(H,19,20,21). The van der Waals surface area contributed by atoms with Crippen LogP contribution in [0.2, 0.25) is 5.02 Å². The Morgan fingerprint density at radius 3 is 2.50 bits per heavy atom. The van der Waals surface area contributed by atoms with Crippen LogP contribution in [-0.4, -0.2) is 22.3 Å². The summed E-state index contributed by atoms with van der Waals surface area (Å²) in [7, 11) is 1.64. The molecule has 0 unspecified atom stereocenters. The summed E-state index contributed by atoms with van der Waals surface area (Å²) >= 11 is 5.86. The maximum Gasteiger partial charge on any atom is 0.181 e. The summed E-state index contributed by atoms with van der Waals surface area (Å²) in [6, 6.07) is 15.2. The smallest absolute Gasteiger partial charge is 0.181 e. The molecule has 0 atom stereocenters. The van der Waals surface area contributed by atoms with Crippen molar-refractivity contribution < 1.29 is 4.74 Å². The SMILES string of the molecule is COc1ccc(-c2n[nH]c(CNc3ccc(Cl)cc3)n2)cc1. The van der Waals surface area contributed by atoms with Gasteiger partial charge < -0.3 is 10.1 Å². The summed E-state index contributed by atoms with van der Waals surface area (Å²) in [4.78, 5) is 4.47. The zero-order chi connectivity index (χ0) is 15.4. The van der Waals surface area contributed by atoms with Crippen LogP contribution in [-0.2, 0) is 6.54 Å². The highest BCUT2D eigenvalue weighted by atomic mass is 35.5. The van der Waals surface area contributed by atoms with Crippen molar-refractivity contribution >= 4 is 17.3 Å². The zero-order valence-electron chi connectivity index (χ0n) is 12.0. The molecule has 0 spiro atoms. The predicted octanol–water partition coefficient (Wildman–Crippen LogP) is 3.75. The molecular weight excluding hydrogens is 300 g/mol. The first-order chi connectivity index (χ1) is 10.7. The van der Waals surface area contributed by atoms with E-state index in [1.807, 2.05) is 48.5 Å². The summed E-state index contributed by atoms with van der Waals surface area (Å²) in [5, 5.41) is 11.1. The number of nitrogens with one attached hydrogen (secondary N) is 2. The molecule has 6 heteroatoms. The number of nitrogens with zero attached hydrogens (tertiary/aromatic N) is 2. The number of benzene rings is 2. The molecule has 0 saturated carbocycles. The van der Waals surface area contributed by atoms with Crippen LogP contribution < -0.4 is 10.1 Å². The monoisotopic (exact) mass is 314 g/mol. The Labute approximate surface area is 133 Å². The quantitative estimate of drug-likeness (QED) is 0.753. The van der Waals surface area contributed by atoms with E-state index in [0.717, 1.165) is 22.8 Å². The first-order valence-corrected chi connectivity index (χ1v) is 7.17. The van der Waals surface area contributed by atoms with Crippen molar-refractivity contribution in [3.05, 3.63) is 59.4 Å². The number of halogens is 1. The Balaban J connectivity index is 1.66. The maximum atomic E-state index is 5.86. The van der Waals surface area contributed by atoms with Crippen molar-refractivity contribution in [1.29, 1.82) is 0 Å². The molecule has 0 saturated heterocycles. The minimum Gasteiger partial charge on any atom is -0.497 e. The summed E-state index contributed by atoms with van der Waals surface area (Å²) in [5.74, 6) is 2.24. The second kappa shape index (κ2) is 6.49. The van der Waals surface area contributed by atoms with E-state index < -0.39 is 0 Å². The fraction of sp³-hybridized carbons (Fsp3) is 0.125. The lowest BCUT2D eigenvalue weighted by molar-refractivity contribution is 0.415. The number of hydrogen-bond donors (Lipinski definition) is 2. The highest BCUT2D eigenvalue weighted by molar-refractivity contribution is 6.30. The van der Waals surface area contributed by atoms with Gasteiger partial charge in [0, 0.05) is 16.3 Å². The van der Waals surface area contributed by atoms with Crippen LogP contribution in [0.25, 0.3) is 11.4 Å². The van der Waals surface area contributed by atoms with E-state index in [2.05, 4.69) is 20.5 Å². The molecule has 0 aliphatic heterocycles. The van der Waals surface area contributed by atoms with Gasteiger partial charge in [-0.05, 0) is 48.5 Å². The largest absolute Gasteiger partial charge is 0.497 e. The Kier molecular flexibility index (Phi) is 4.25. The zero-order valence-corrected chi connectivity index (χ0v) is 12.8. The summed E-state index contributed by atoms with van der Waals surface area (Å²) in [6.45, 7) is 0.560. The first kappa shape index (κ1) is 14.4. The summed E-state index contributed by atoms with van der Waals surface area (Å²) < 4.78 is 5.14. The second-order valence-electron chi connectivity index (χ2n) is 4.69. The van der Waals surface area contributed by atoms with E-state index in [-0.39, 0.29) is 0 Å². The number of aromatic amines is 1. The topological polar surface area (TPSA) is 62.8 Å². The minimum atomic E-state index is 0.560. The molecule has 5 nitrogen and oxygen atoms in total. The summed E-state index contributed by atoms with van der Waals surface area (Å²) in [6.07, 6.45) is 0. The lowest BCUT2D eigenvalue weighted by Gasteiger charge is -2.03. The third-order valence-electron chi connectivity index (χ3n) is 3.18. The molecule has 3 aromatic rings. The van der Waals surface area contributed by atoms with Crippen molar-refractivity contribution in [1.82, 2.24) is 15.2 Å². The molecule has 0 radical (unpaired) electrons. The van der Waals surface area contributed by atoms with Crippen molar-refractivity contribution in [2.75, 3.05) is 12.4 Å². The molecule has 0 aliphatic rings. The van der Waals surface area contributed by atoms with Gasteiger partial charge in [0.25, 0.3) is 0 Å². The molecule has 1 aromatic heterocycles. The second-order valence-corrected chi connectivity index (χ2v) is 5.13. The van der Waals surface area contributed by atoms with Crippen LogP contribution in [0.15, 0.2) is 48.5 Å². The van der Waals surface area contributed by atoms with Crippen LogP contribution in [0.4, 0.5) is 5.69 Å². The van der Waals surface area contributed by atoms with Gasteiger partial charge in [0.15, 0.2) is 5.82 Å². The van der Waals surface area contributed by atoms with E-state index in [9.17, 15) is 0 Å². The minimum absolute atomic E-state index is 0.560. The van der Waals surface area contributed by atoms with Gasteiger partial charge in [-0.15, -0.1) is 0 Å². The average molecular weight is 315 g/mol. The molecule has 22 heavy (non-hydrogen) atoms. The van der Waals surface area contributed by atoms with Crippen LogP contribution >= 0.6 is 11.6 Å². The van der Waals surface area contributed by atoms with Crippen molar-refractivity contribution in [2.45, 2.75) is 6.54 Å². The molecule has 0 amide bonds. The third-order valence-corrected chi connectivity index (χ3v) is 3.44. The van der Waals surface area contributed by atoms with E-state index >= 15 is 0 Å². The molecule has 0 fully saturated rings. The van der Waals surface area contributed by atoms with Crippen molar-refractivity contribution in [2.24, 2.45) is 0 Å². The van der Waals surface area contributed by atoms with Crippen molar-refractivity contribution in [3.63, 3.8) is 0 Å². The van der Waals surface area contributed by atoms with Gasteiger partial charge in [-0.25, -0.2) is 4.98 Å².